The van der Waals surface area contributed by atoms with Gasteiger partial charge in [0.2, 0.25) is 0 Å². The largest absolute Gasteiger partial charge is 0.314 e. The molecular weight excluding hydrogens is 226 g/mol. The lowest BCUT2D eigenvalue weighted by Gasteiger charge is -2.21. The highest BCUT2D eigenvalue weighted by molar-refractivity contribution is 9.09. The van der Waals surface area contributed by atoms with E-state index in [9.17, 15) is 0 Å². The lowest BCUT2D eigenvalue weighted by molar-refractivity contribution is 0.349. The second kappa shape index (κ2) is 4.79. The van der Waals surface area contributed by atoms with Gasteiger partial charge in [0.25, 0.3) is 0 Å². The normalized spacial score (nSPS) is 41.8. The molecule has 13 heavy (non-hydrogen) atoms. The molecule has 1 N–H and O–H groups in total. The number of hydrogen-bond acceptors (Lipinski definition) is 1. The Morgan fingerprint density at radius 2 is 1.85 bits per heavy atom. The summed E-state index contributed by atoms with van der Waals surface area (Å²) in [4.78, 5) is 0.805. The summed E-state index contributed by atoms with van der Waals surface area (Å²) in [5, 5.41) is 3.65. The van der Waals surface area contributed by atoms with Crippen LogP contribution < -0.4 is 5.32 Å². The van der Waals surface area contributed by atoms with Gasteiger partial charge in [-0.2, -0.15) is 0 Å². The first-order valence-corrected chi connectivity index (χ1v) is 6.65. The van der Waals surface area contributed by atoms with E-state index in [1.165, 1.54) is 51.5 Å². The van der Waals surface area contributed by atoms with Gasteiger partial charge in [0.15, 0.2) is 0 Å². The molecule has 1 aliphatic heterocycles. The van der Waals surface area contributed by atoms with Crippen LogP contribution in [0.1, 0.15) is 44.9 Å². The molecule has 2 fully saturated rings. The highest BCUT2D eigenvalue weighted by Gasteiger charge is 2.26. The molecule has 76 valence electrons. The maximum Gasteiger partial charge on any atom is 0.0145 e. The van der Waals surface area contributed by atoms with E-state index in [1.807, 2.05) is 0 Å². The summed E-state index contributed by atoms with van der Waals surface area (Å²) < 4.78 is 0. The van der Waals surface area contributed by atoms with E-state index < -0.39 is 0 Å². The standard InChI is InChI=1S/C11H20BrN/c12-10-4-1-3-9(6-7-10)11-5-2-8-13-11/h9-11,13H,1-8H2. The first-order valence-electron chi connectivity index (χ1n) is 5.74. The van der Waals surface area contributed by atoms with Crippen LogP contribution >= 0.6 is 15.9 Å². The van der Waals surface area contributed by atoms with Crippen molar-refractivity contribution in [1.82, 2.24) is 5.32 Å². The highest BCUT2D eigenvalue weighted by Crippen LogP contribution is 2.31. The minimum Gasteiger partial charge on any atom is -0.314 e. The molecule has 1 nitrogen and oxygen atoms in total. The first kappa shape index (κ1) is 9.97. The summed E-state index contributed by atoms with van der Waals surface area (Å²) in [6.45, 7) is 1.26. The van der Waals surface area contributed by atoms with Crippen LogP contribution in [0.5, 0.6) is 0 Å². The van der Waals surface area contributed by atoms with E-state index >= 15 is 0 Å². The molecule has 0 amide bonds. The molecule has 0 aromatic heterocycles. The fraction of sp³-hybridized carbons (Fsp3) is 1.00. The third kappa shape index (κ3) is 2.69. The molecule has 1 heterocycles. The summed E-state index contributed by atoms with van der Waals surface area (Å²) in [7, 11) is 0. The lowest BCUT2D eigenvalue weighted by Crippen LogP contribution is -2.30. The summed E-state index contributed by atoms with van der Waals surface area (Å²) in [5.41, 5.74) is 0. The first-order chi connectivity index (χ1) is 6.36. The monoisotopic (exact) mass is 245 g/mol. The van der Waals surface area contributed by atoms with Crippen LogP contribution in [0.4, 0.5) is 0 Å². The third-order valence-corrected chi connectivity index (χ3v) is 4.53. The average molecular weight is 246 g/mol. The fourth-order valence-corrected chi connectivity index (χ4v) is 3.39. The zero-order valence-electron chi connectivity index (χ0n) is 8.27. The number of hydrogen-bond donors (Lipinski definition) is 1. The highest BCUT2D eigenvalue weighted by atomic mass is 79.9. The Hall–Kier alpha value is 0.440. The molecule has 0 aromatic rings. The van der Waals surface area contributed by atoms with Gasteiger partial charge >= 0.3 is 0 Å². The number of nitrogens with one attached hydrogen (secondary N) is 1. The summed E-state index contributed by atoms with van der Waals surface area (Å²) in [6, 6.07) is 0.859. The Balaban J connectivity index is 1.84. The van der Waals surface area contributed by atoms with Crippen LogP contribution in [-0.4, -0.2) is 17.4 Å². The summed E-state index contributed by atoms with van der Waals surface area (Å²) in [6.07, 6.45) is 9.94. The van der Waals surface area contributed by atoms with Gasteiger partial charge in [-0.1, -0.05) is 22.4 Å². The number of rotatable bonds is 1. The topological polar surface area (TPSA) is 12.0 Å². The predicted octanol–water partition coefficient (Wildman–Crippen LogP) is 3.08. The molecule has 2 heteroatoms. The Morgan fingerprint density at radius 1 is 0.923 bits per heavy atom. The van der Waals surface area contributed by atoms with Gasteiger partial charge in [-0.25, -0.2) is 0 Å². The SMILES string of the molecule is BrC1CCCC(C2CCCN2)CC1. The Morgan fingerprint density at radius 3 is 2.62 bits per heavy atom. The van der Waals surface area contributed by atoms with Crippen molar-refractivity contribution in [3.63, 3.8) is 0 Å². The van der Waals surface area contributed by atoms with Crippen LogP contribution in [0, 0.1) is 5.92 Å². The van der Waals surface area contributed by atoms with Crippen molar-refractivity contribution in [1.29, 1.82) is 0 Å². The second-order valence-corrected chi connectivity index (χ2v) is 5.86. The average Bonchev–Trinajstić information content (AvgIpc) is 2.56. The molecule has 1 aliphatic carbocycles. The van der Waals surface area contributed by atoms with Crippen molar-refractivity contribution in [2.24, 2.45) is 5.92 Å². The Labute approximate surface area is 89.8 Å². The molecule has 1 saturated heterocycles. The van der Waals surface area contributed by atoms with Crippen LogP contribution in [0.3, 0.4) is 0 Å². The van der Waals surface area contributed by atoms with E-state index in [2.05, 4.69) is 21.2 Å². The van der Waals surface area contributed by atoms with Crippen molar-refractivity contribution >= 4 is 15.9 Å². The summed E-state index contributed by atoms with van der Waals surface area (Å²) in [5.74, 6) is 0.977. The fourth-order valence-electron chi connectivity index (χ4n) is 2.80. The van der Waals surface area contributed by atoms with Crippen LogP contribution in [-0.2, 0) is 0 Å². The zero-order chi connectivity index (χ0) is 9.10. The van der Waals surface area contributed by atoms with Crippen molar-refractivity contribution < 1.29 is 0 Å². The molecule has 0 bridgehead atoms. The van der Waals surface area contributed by atoms with E-state index in [0.717, 1.165) is 16.8 Å². The van der Waals surface area contributed by atoms with Gasteiger partial charge in [-0.15, -0.1) is 0 Å². The number of alkyl halides is 1. The van der Waals surface area contributed by atoms with Crippen LogP contribution in [0.15, 0.2) is 0 Å². The molecular formula is C11H20BrN. The van der Waals surface area contributed by atoms with Crippen molar-refractivity contribution in [3.8, 4) is 0 Å². The Bertz CT molecular complexity index is 154. The maximum atomic E-state index is 3.75. The zero-order valence-corrected chi connectivity index (χ0v) is 9.85. The van der Waals surface area contributed by atoms with Crippen molar-refractivity contribution in [2.75, 3.05) is 6.54 Å². The van der Waals surface area contributed by atoms with E-state index in [-0.39, 0.29) is 0 Å². The van der Waals surface area contributed by atoms with Crippen LogP contribution in [0.25, 0.3) is 0 Å². The lowest BCUT2D eigenvalue weighted by atomic mass is 9.91. The van der Waals surface area contributed by atoms with Gasteiger partial charge in [0.05, 0.1) is 0 Å². The number of halogens is 1. The molecule has 0 spiro atoms. The van der Waals surface area contributed by atoms with Crippen LogP contribution in [0.2, 0.25) is 0 Å². The van der Waals surface area contributed by atoms with Gasteiger partial charge in [0.1, 0.15) is 0 Å². The van der Waals surface area contributed by atoms with Gasteiger partial charge < -0.3 is 5.32 Å². The van der Waals surface area contributed by atoms with E-state index in [1.54, 1.807) is 0 Å². The maximum absolute atomic E-state index is 3.75. The third-order valence-electron chi connectivity index (χ3n) is 3.61. The van der Waals surface area contributed by atoms with E-state index in [0.29, 0.717) is 0 Å². The van der Waals surface area contributed by atoms with Gasteiger partial charge in [0, 0.05) is 10.9 Å². The Kier molecular flexibility index (Phi) is 3.67. The minimum atomic E-state index is 0.805. The van der Waals surface area contributed by atoms with Crippen molar-refractivity contribution in [3.05, 3.63) is 0 Å². The molecule has 0 aromatic carbocycles. The molecule has 3 atom stereocenters. The van der Waals surface area contributed by atoms with Gasteiger partial charge in [-0.05, 0) is 51.0 Å². The quantitative estimate of drug-likeness (QED) is 0.553. The minimum absolute atomic E-state index is 0.805. The smallest absolute Gasteiger partial charge is 0.0145 e. The predicted molar refractivity (Wildman–Crippen MR) is 60.3 cm³/mol. The summed E-state index contributed by atoms with van der Waals surface area (Å²) >= 11 is 3.75. The van der Waals surface area contributed by atoms with Gasteiger partial charge in [-0.3, -0.25) is 0 Å². The molecule has 1 saturated carbocycles. The van der Waals surface area contributed by atoms with E-state index in [4.69, 9.17) is 0 Å². The molecule has 2 rings (SSSR count). The van der Waals surface area contributed by atoms with Crippen molar-refractivity contribution in [2.45, 2.75) is 55.8 Å². The molecule has 3 unspecified atom stereocenters. The second-order valence-electron chi connectivity index (χ2n) is 4.57. The molecule has 2 aliphatic rings. The molecule has 0 radical (unpaired) electrons.